The number of halogens is 1. The molecular formula is C14H20IN2O+. The molecule has 1 saturated heterocycles. The first-order chi connectivity index (χ1) is 8.65. The molecule has 0 aromatic heterocycles. The summed E-state index contributed by atoms with van der Waals surface area (Å²) >= 11 is 2.28. The topological polar surface area (TPSA) is 33.5 Å². The van der Waals surface area contributed by atoms with Gasteiger partial charge in [-0.2, -0.15) is 0 Å². The van der Waals surface area contributed by atoms with Crippen molar-refractivity contribution in [1.82, 2.24) is 0 Å². The van der Waals surface area contributed by atoms with E-state index in [1.54, 1.807) is 0 Å². The summed E-state index contributed by atoms with van der Waals surface area (Å²) in [5, 5.41) is 3.02. The van der Waals surface area contributed by atoms with Crippen LogP contribution >= 0.6 is 22.6 Å². The number of carbonyl (C=O) groups is 1. The molecule has 0 radical (unpaired) electrons. The van der Waals surface area contributed by atoms with E-state index >= 15 is 0 Å². The summed E-state index contributed by atoms with van der Waals surface area (Å²) in [6, 6.07) is 6.10. The average Bonchev–Trinajstić information content (AvgIpc) is 2.34. The van der Waals surface area contributed by atoms with E-state index in [9.17, 15) is 4.79 Å². The number of aryl methyl sites for hydroxylation is 1. The van der Waals surface area contributed by atoms with Crippen LogP contribution in [0.25, 0.3) is 0 Å². The van der Waals surface area contributed by atoms with Crippen LogP contribution in [0.2, 0.25) is 0 Å². The van der Waals surface area contributed by atoms with Gasteiger partial charge < -0.3 is 10.2 Å². The van der Waals surface area contributed by atoms with Gasteiger partial charge in [0, 0.05) is 9.26 Å². The highest BCUT2D eigenvalue weighted by Gasteiger charge is 2.17. The molecule has 18 heavy (non-hydrogen) atoms. The molecule has 0 saturated carbocycles. The van der Waals surface area contributed by atoms with Crippen LogP contribution in [-0.2, 0) is 4.79 Å². The molecule has 2 N–H and O–H groups in total. The minimum absolute atomic E-state index is 0.135. The lowest BCUT2D eigenvalue weighted by atomic mass is 10.1. The Morgan fingerprint density at radius 1 is 1.33 bits per heavy atom. The zero-order chi connectivity index (χ0) is 13.0. The number of amides is 1. The molecule has 3 nitrogen and oxygen atoms in total. The monoisotopic (exact) mass is 359 g/mol. The van der Waals surface area contributed by atoms with Gasteiger partial charge >= 0.3 is 0 Å². The Morgan fingerprint density at radius 2 is 2.06 bits per heavy atom. The Kier molecular flexibility index (Phi) is 5.00. The quantitative estimate of drug-likeness (QED) is 0.790. The van der Waals surface area contributed by atoms with E-state index in [1.807, 2.05) is 19.1 Å². The maximum Gasteiger partial charge on any atom is 0.279 e. The van der Waals surface area contributed by atoms with Crippen LogP contribution in [-0.4, -0.2) is 25.5 Å². The number of nitrogens with one attached hydrogen (secondary N) is 2. The molecule has 1 aliphatic rings. The van der Waals surface area contributed by atoms with Crippen molar-refractivity contribution in [2.75, 3.05) is 25.0 Å². The molecule has 1 fully saturated rings. The van der Waals surface area contributed by atoms with Crippen molar-refractivity contribution in [3.05, 3.63) is 27.3 Å². The first kappa shape index (κ1) is 13.8. The Balaban J connectivity index is 1.90. The average molecular weight is 359 g/mol. The fourth-order valence-electron chi connectivity index (χ4n) is 2.42. The van der Waals surface area contributed by atoms with Crippen molar-refractivity contribution >= 4 is 34.2 Å². The highest BCUT2D eigenvalue weighted by molar-refractivity contribution is 14.1. The van der Waals surface area contributed by atoms with Gasteiger partial charge in [0.2, 0.25) is 0 Å². The second kappa shape index (κ2) is 6.52. The first-order valence-corrected chi connectivity index (χ1v) is 7.62. The summed E-state index contributed by atoms with van der Waals surface area (Å²) in [6.45, 7) is 4.91. The van der Waals surface area contributed by atoms with Crippen molar-refractivity contribution in [2.45, 2.75) is 26.2 Å². The predicted octanol–water partition coefficient (Wildman–Crippen LogP) is 1.61. The van der Waals surface area contributed by atoms with Crippen LogP contribution in [0.1, 0.15) is 24.8 Å². The number of rotatable bonds is 3. The molecule has 98 valence electrons. The molecule has 4 heteroatoms. The van der Waals surface area contributed by atoms with E-state index in [0.717, 1.165) is 24.3 Å². The Hall–Kier alpha value is -0.620. The van der Waals surface area contributed by atoms with E-state index in [1.165, 1.54) is 27.7 Å². The van der Waals surface area contributed by atoms with Crippen LogP contribution in [0.5, 0.6) is 0 Å². The fourth-order valence-corrected chi connectivity index (χ4v) is 3.06. The minimum Gasteiger partial charge on any atom is -0.327 e. The molecule has 0 bridgehead atoms. The summed E-state index contributed by atoms with van der Waals surface area (Å²) < 4.78 is 1.20. The molecule has 1 heterocycles. The molecule has 0 aliphatic carbocycles. The number of benzene rings is 1. The Bertz CT molecular complexity index is 428. The van der Waals surface area contributed by atoms with E-state index in [2.05, 4.69) is 34.0 Å². The van der Waals surface area contributed by atoms with Crippen LogP contribution < -0.4 is 10.2 Å². The van der Waals surface area contributed by atoms with Crippen LogP contribution in [0.3, 0.4) is 0 Å². The van der Waals surface area contributed by atoms with E-state index in [0.29, 0.717) is 6.54 Å². The van der Waals surface area contributed by atoms with Gasteiger partial charge in [0.15, 0.2) is 6.54 Å². The molecule has 1 amide bonds. The van der Waals surface area contributed by atoms with Gasteiger partial charge in [-0.3, -0.25) is 4.79 Å². The number of quaternary nitrogens is 1. The third kappa shape index (κ3) is 3.95. The van der Waals surface area contributed by atoms with Gasteiger partial charge in [-0.25, -0.2) is 0 Å². The molecule has 1 aromatic rings. The molecule has 2 rings (SSSR count). The van der Waals surface area contributed by atoms with E-state index in [4.69, 9.17) is 0 Å². The van der Waals surface area contributed by atoms with Gasteiger partial charge in [0.25, 0.3) is 5.91 Å². The summed E-state index contributed by atoms with van der Waals surface area (Å²) in [4.78, 5) is 13.4. The van der Waals surface area contributed by atoms with E-state index in [-0.39, 0.29) is 5.91 Å². The maximum atomic E-state index is 12.0. The van der Waals surface area contributed by atoms with E-state index < -0.39 is 0 Å². The second-order valence-electron chi connectivity index (χ2n) is 4.99. The standard InChI is InChI=1S/C14H19IN2O/c1-11-9-12(15)5-6-13(11)16-14(18)10-17-7-3-2-4-8-17/h5-6,9H,2-4,7-8,10H2,1H3,(H,16,18)/p+1. The lowest BCUT2D eigenvalue weighted by molar-refractivity contribution is -0.896. The van der Waals surface area contributed by atoms with Crippen LogP contribution in [0, 0.1) is 10.5 Å². The number of hydrogen-bond acceptors (Lipinski definition) is 1. The van der Waals surface area contributed by atoms with Crippen molar-refractivity contribution in [3.8, 4) is 0 Å². The van der Waals surface area contributed by atoms with Gasteiger partial charge in [0.1, 0.15) is 0 Å². The number of piperidine rings is 1. The van der Waals surface area contributed by atoms with Crippen LogP contribution in [0.15, 0.2) is 18.2 Å². The second-order valence-corrected chi connectivity index (χ2v) is 6.24. The Morgan fingerprint density at radius 3 is 2.72 bits per heavy atom. The molecule has 1 aromatic carbocycles. The van der Waals surface area contributed by atoms with Crippen LogP contribution in [0.4, 0.5) is 5.69 Å². The van der Waals surface area contributed by atoms with Gasteiger partial charge in [-0.05, 0) is 72.5 Å². The zero-order valence-electron chi connectivity index (χ0n) is 10.8. The number of likely N-dealkylation sites (tertiary alicyclic amines) is 1. The van der Waals surface area contributed by atoms with Gasteiger partial charge in [-0.15, -0.1) is 0 Å². The predicted molar refractivity (Wildman–Crippen MR) is 81.9 cm³/mol. The molecule has 0 unspecified atom stereocenters. The van der Waals surface area contributed by atoms with Gasteiger partial charge in [0.05, 0.1) is 13.1 Å². The minimum atomic E-state index is 0.135. The molecular weight excluding hydrogens is 339 g/mol. The largest absolute Gasteiger partial charge is 0.327 e. The number of carbonyl (C=O) groups excluding carboxylic acids is 1. The Labute approximate surface area is 122 Å². The van der Waals surface area contributed by atoms with Crippen molar-refractivity contribution < 1.29 is 9.69 Å². The third-order valence-corrected chi connectivity index (χ3v) is 4.10. The third-order valence-electron chi connectivity index (χ3n) is 3.43. The molecule has 1 aliphatic heterocycles. The van der Waals surface area contributed by atoms with Crippen molar-refractivity contribution in [3.63, 3.8) is 0 Å². The highest BCUT2D eigenvalue weighted by atomic mass is 127. The summed E-state index contributed by atoms with van der Waals surface area (Å²) in [5.74, 6) is 0.135. The lowest BCUT2D eigenvalue weighted by Crippen LogP contribution is -3.13. The first-order valence-electron chi connectivity index (χ1n) is 6.55. The lowest BCUT2D eigenvalue weighted by Gasteiger charge is -2.23. The number of anilines is 1. The zero-order valence-corrected chi connectivity index (χ0v) is 12.9. The van der Waals surface area contributed by atoms with Gasteiger partial charge in [-0.1, -0.05) is 0 Å². The maximum absolute atomic E-state index is 12.0. The fraction of sp³-hybridized carbons (Fsp3) is 0.500. The highest BCUT2D eigenvalue weighted by Crippen LogP contribution is 2.17. The normalized spacial score (nSPS) is 16.6. The molecule has 0 spiro atoms. The summed E-state index contributed by atoms with van der Waals surface area (Å²) in [7, 11) is 0. The SMILES string of the molecule is Cc1cc(I)ccc1NC(=O)C[NH+]1CCCCC1. The number of hydrogen-bond donors (Lipinski definition) is 2. The summed E-state index contributed by atoms with van der Waals surface area (Å²) in [5.41, 5.74) is 2.07. The van der Waals surface area contributed by atoms with Crippen molar-refractivity contribution in [1.29, 1.82) is 0 Å². The molecule has 0 atom stereocenters. The van der Waals surface area contributed by atoms with Crippen molar-refractivity contribution in [2.24, 2.45) is 0 Å². The summed E-state index contributed by atoms with van der Waals surface area (Å²) in [6.07, 6.45) is 3.83. The smallest absolute Gasteiger partial charge is 0.279 e.